The molecule has 2 fully saturated rings. The molecule has 4 rings (SSSR count). The van der Waals surface area contributed by atoms with Gasteiger partial charge in [-0.2, -0.15) is 0 Å². The molecule has 0 aromatic heterocycles. The Bertz CT molecular complexity index is 1860. The van der Waals surface area contributed by atoms with Gasteiger partial charge in [0.25, 0.3) is 0 Å². The van der Waals surface area contributed by atoms with Crippen LogP contribution in [0.2, 0.25) is 0 Å². The summed E-state index contributed by atoms with van der Waals surface area (Å²) in [6.07, 6.45) is -16.9. The topological polar surface area (TPSA) is 249 Å². The lowest BCUT2D eigenvalue weighted by atomic mass is 9.95. The van der Waals surface area contributed by atoms with Gasteiger partial charge in [-0.05, 0) is 36.4 Å². The van der Waals surface area contributed by atoms with Crippen LogP contribution in [0, 0.1) is 0 Å². The molecule has 2 heterocycles. The quantitative estimate of drug-likeness (QED) is 0.163. The van der Waals surface area contributed by atoms with Crippen LogP contribution in [0.15, 0.2) is 42.5 Å². The van der Waals surface area contributed by atoms with E-state index < -0.39 is 116 Å². The molecule has 0 bridgehead atoms. The summed E-state index contributed by atoms with van der Waals surface area (Å²) >= 11 is 0. The van der Waals surface area contributed by atoms with Crippen LogP contribution in [0.4, 0.5) is 0 Å². The average Bonchev–Trinajstić information content (AvgIpc) is 3.19. The Kier molecular flexibility index (Phi) is 17.0. The fraction of sp³-hybridized carbons (Fsp3) is 0.525. The number of carbonyl (C=O) groups is 7. The van der Waals surface area contributed by atoms with Crippen molar-refractivity contribution in [1.82, 2.24) is 0 Å². The maximum absolute atomic E-state index is 14.2. The molecule has 2 saturated heterocycles. The standard InChI is InChI=1S/C40H48O21/c1-19(41)51-17-29-32(53-21(3)43)34(55-23(5)45)37(60-38(47)31-27(49-8)11-10-12-28(31)50-9)40(59-29)61-35-33(54-22(4)44)30(18-52-20(2)42)58-39(36(35)56-24(6)46)57-26-15-13-25(48-7)14-16-26/h10-16,29-30,32-37,39-40H,17-18H2,1-9H3/t29-,30-,32+,33+,34+,35+,36-,37-,39-,40-/m1/s1. The lowest BCUT2D eigenvalue weighted by Crippen LogP contribution is -2.67. The highest BCUT2D eigenvalue weighted by molar-refractivity contribution is 5.96. The molecule has 2 aliphatic heterocycles. The number of carbonyl (C=O) groups excluding carboxylic acids is 7. The van der Waals surface area contributed by atoms with Crippen molar-refractivity contribution in [2.45, 2.75) is 103 Å². The summed E-state index contributed by atoms with van der Waals surface area (Å²) in [7, 11) is 4.02. The first-order valence-corrected chi connectivity index (χ1v) is 18.6. The number of methoxy groups -OCH3 is 3. The third kappa shape index (κ3) is 12.9. The fourth-order valence-electron chi connectivity index (χ4n) is 6.40. The lowest BCUT2D eigenvalue weighted by molar-refractivity contribution is -0.353. The Hall–Kier alpha value is -6.19. The number of benzene rings is 2. The van der Waals surface area contributed by atoms with Crippen LogP contribution < -0.4 is 18.9 Å². The Labute approximate surface area is 349 Å². The van der Waals surface area contributed by atoms with E-state index in [0.29, 0.717) is 5.75 Å². The van der Waals surface area contributed by atoms with Gasteiger partial charge in [0.2, 0.25) is 6.29 Å². The van der Waals surface area contributed by atoms with Crippen molar-refractivity contribution in [3.05, 3.63) is 48.0 Å². The zero-order valence-electron chi connectivity index (χ0n) is 34.8. The first-order chi connectivity index (χ1) is 28.9. The van der Waals surface area contributed by atoms with Crippen molar-refractivity contribution in [1.29, 1.82) is 0 Å². The van der Waals surface area contributed by atoms with E-state index in [1.165, 1.54) is 51.7 Å². The van der Waals surface area contributed by atoms with Gasteiger partial charge in [0.15, 0.2) is 36.8 Å². The van der Waals surface area contributed by atoms with E-state index in [1.54, 1.807) is 12.1 Å². The summed E-state index contributed by atoms with van der Waals surface area (Å²) in [5, 5.41) is 0. The Morgan fingerprint density at radius 1 is 0.475 bits per heavy atom. The van der Waals surface area contributed by atoms with Crippen molar-refractivity contribution in [3.63, 3.8) is 0 Å². The highest BCUT2D eigenvalue weighted by atomic mass is 16.8. The smallest absolute Gasteiger partial charge is 0.346 e. The van der Waals surface area contributed by atoms with Crippen LogP contribution in [0.25, 0.3) is 0 Å². The van der Waals surface area contributed by atoms with Crippen molar-refractivity contribution in [2.24, 2.45) is 0 Å². The van der Waals surface area contributed by atoms with Gasteiger partial charge in [0.05, 0.1) is 21.3 Å². The first kappa shape index (κ1) is 47.5. The van der Waals surface area contributed by atoms with Crippen molar-refractivity contribution in [3.8, 4) is 23.0 Å². The van der Waals surface area contributed by atoms with Crippen LogP contribution in [0.1, 0.15) is 51.9 Å². The third-order valence-electron chi connectivity index (χ3n) is 8.77. The second kappa shape index (κ2) is 21.9. The predicted octanol–water partition coefficient (Wildman–Crippen LogP) is 2.00. The van der Waals surface area contributed by atoms with E-state index in [2.05, 4.69) is 0 Å². The molecule has 0 spiro atoms. The van der Waals surface area contributed by atoms with E-state index in [4.69, 9.17) is 66.3 Å². The molecule has 21 nitrogen and oxygen atoms in total. The molecule has 0 N–H and O–H groups in total. The maximum Gasteiger partial charge on any atom is 0.346 e. The first-order valence-electron chi connectivity index (χ1n) is 18.6. The molecule has 21 heteroatoms. The van der Waals surface area contributed by atoms with Gasteiger partial charge >= 0.3 is 41.8 Å². The normalized spacial score (nSPS) is 25.7. The molecule has 0 amide bonds. The van der Waals surface area contributed by atoms with Gasteiger partial charge in [-0.15, -0.1) is 0 Å². The highest BCUT2D eigenvalue weighted by Crippen LogP contribution is 2.38. The molecular weight excluding hydrogens is 816 g/mol. The molecular formula is C40H48O21. The van der Waals surface area contributed by atoms with Gasteiger partial charge in [-0.25, -0.2) is 4.79 Å². The number of hydrogen-bond acceptors (Lipinski definition) is 21. The molecule has 61 heavy (non-hydrogen) atoms. The van der Waals surface area contributed by atoms with Gasteiger partial charge in [0.1, 0.15) is 60.1 Å². The summed E-state index contributed by atoms with van der Waals surface area (Å²) in [6.45, 7) is 5.18. The van der Waals surface area contributed by atoms with Crippen molar-refractivity contribution in [2.75, 3.05) is 34.5 Å². The fourth-order valence-corrected chi connectivity index (χ4v) is 6.40. The molecule has 0 radical (unpaired) electrons. The molecule has 0 aliphatic carbocycles. The number of ether oxygens (including phenoxy) is 14. The Balaban J connectivity index is 1.94. The van der Waals surface area contributed by atoms with Crippen LogP contribution in [0.5, 0.6) is 23.0 Å². The SMILES string of the molecule is COc1ccc(O[C@@H]2O[C@H](COC(C)=O)[C@H](OC(C)=O)[C@H](O[C@H]3O[C@H](COC(C)=O)[C@H](OC(C)=O)[C@H](OC(C)=O)[C@H]3OC(=O)c3c(OC)cccc3OC)[C@H]2OC(C)=O)cc1. The second-order valence-corrected chi connectivity index (χ2v) is 13.3. The summed E-state index contributed by atoms with van der Waals surface area (Å²) in [5.41, 5.74) is -0.241. The minimum absolute atomic E-state index is 0.00652. The van der Waals surface area contributed by atoms with E-state index in [-0.39, 0.29) is 22.8 Å². The Morgan fingerprint density at radius 2 is 0.902 bits per heavy atom. The highest BCUT2D eigenvalue weighted by Gasteiger charge is 2.58. The van der Waals surface area contributed by atoms with Crippen LogP contribution >= 0.6 is 0 Å². The third-order valence-corrected chi connectivity index (χ3v) is 8.77. The molecule has 10 atom stereocenters. The van der Waals surface area contributed by atoms with Gasteiger partial charge in [-0.1, -0.05) is 6.07 Å². The van der Waals surface area contributed by atoms with Crippen molar-refractivity contribution >= 4 is 41.8 Å². The second-order valence-electron chi connectivity index (χ2n) is 13.3. The van der Waals surface area contributed by atoms with Crippen LogP contribution in [-0.2, 0) is 76.1 Å². The molecule has 0 unspecified atom stereocenters. The Morgan fingerprint density at radius 3 is 1.36 bits per heavy atom. The van der Waals surface area contributed by atoms with Gasteiger partial charge in [-0.3, -0.25) is 28.8 Å². The molecule has 2 aliphatic rings. The van der Waals surface area contributed by atoms with E-state index in [0.717, 1.165) is 41.5 Å². The molecule has 2 aromatic carbocycles. The monoisotopic (exact) mass is 864 g/mol. The summed E-state index contributed by atoms with van der Waals surface area (Å²) in [4.78, 5) is 89.2. The number of hydrogen-bond donors (Lipinski definition) is 0. The average molecular weight is 865 g/mol. The van der Waals surface area contributed by atoms with Gasteiger partial charge in [0, 0.05) is 41.5 Å². The number of esters is 7. The van der Waals surface area contributed by atoms with Crippen molar-refractivity contribution < 1.29 is 99.9 Å². The molecule has 0 saturated carbocycles. The molecule has 334 valence electrons. The lowest BCUT2D eigenvalue weighted by Gasteiger charge is -2.48. The minimum Gasteiger partial charge on any atom is -0.497 e. The predicted molar refractivity (Wildman–Crippen MR) is 200 cm³/mol. The number of rotatable bonds is 17. The van der Waals surface area contributed by atoms with E-state index in [1.807, 2.05) is 0 Å². The van der Waals surface area contributed by atoms with E-state index in [9.17, 15) is 33.6 Å². The minimum atomic E-state index is -1.98. The van der Waals surface area contributed by atoms with Gasteiger partial charge < -0.3 is 66.3 Å². The van der Waals surface area contributed by atoms with Crippen LogP contribution in [-0.4, -0.2) is 138 Å². The molecule has 2 aromatic rings. The largest absolute Gasteiger partial charge is 0.497 e. The summed E-state index contributed by atoms with van der Waals surface area (Å²) in [5.74, 6) is -5.74. The van der Waals surface area contributed by atoms with E-state index >= 15 is 0 Å². The van der Waals surface area contributed by atoms with Crippen LogP contribution in [0.3, 0.4) is 0 Å². The summed E-state index contributed by atoms with van der Waals surface area (Å²) < 4.78 is 80.3. The zero-order chi connectivity index (χ0) is 45.0. The maximum atomic E-state index is 14.2. The zero-order valence-corrected chi connectivity index (χ0v) is 34.8. The summed E-state index contributed by atoms with van der Waals surface area (Å²) in [6, 6.07) is 10.6.